The minimum absolute atomic E-state index is 0.398. The van der Waals surface area contributed by atoms with Gasteiger partial charge in [0, 0.05) is 5.69 Å². The van der Waals surface area contributed by atoms with Crippen LogP contribution in [0.25, 0.3) is 10.2 Å². The molecule has 0 radical (unpaired) electrons. The molecule has 0 spiro atoms. The fourth-order valence-electron chi connectivity index (χ4n) is 1.32. The van der Waals surface area contributed by atoms with Crippen LogP contribution in [0.4, 0.5) is 11.5 Å². The van der Waals surface area contributed by atoms with E-state index in [1.54, 1.807) is 11.3 Å². The number of halogens is 1. The van der Waals surface area contributed by atoms with E-state index in [1.165, 1.54) is 0 Å². The predicted molar refractivity (Wildman–Crippen MR) is 67.8 cm³/mol. The molecule has 0 aliphatic rings. The number of nitrogens with one attached hydrogen (secondary N) is 1. The molecule has 0 unspecified atom stereocenters. The van der Waals surface area contributed by atoms with Gasteiger partial charge in [0.15, 0.2) is 11.0 Å². The molecule has 0 aliphatic carbocycles. The van der Waals surface area contributed by atoms with Crippen molar-refractivity contribution in [3.8, 4) is 0 Å². The first-order chi connectivity index (χ1) is 7.83. The highest BCUT2D eigenvalue weighted by Crippen LogP contribution is 2.26. The minimum Gasteiger partial charge on any atom is -0.337 e. The van der Waals surface area contributed by atoms with Crippen LogP contribution in [-0.2, 0) is 0 Å². The summed E-state index contributed by atoms with van der Waals surface area (Å²) < 4.78 is 9.07. The summed E-state index contributed by atoms with van der Waals surface area (Å²) in [4.78, 5) is 4.21. The standard InChI is InChI=1S/C9H5ClN4S2/c10-8-9(14-16-13-8)12-5-1-2-6-7(3-5)15-4-11-6/h1-4H,(H,12,14). The highest BCUT2D eigenvalue weighted by Gasteiger charge is 2.06. The Kier molecular flexibility index (Phi) is 2.47. The van der Waals surface area contributed by atoms with E-state index in [2.05, 4.69) is 19.0 Å². The molecule has 2 aromatic heterocycles. The SMILES string of the molecule is Clc1nsnc1Nc1ccc2ncsc2c1. The highest BCUT2D eigenvalue weighted by molar-refractivity contribution is 7.16. The predicted octanol–water partition coefficient (Wildman–Crippen LogP) is 3.54. The van der Waals surface area contributed by atoms with E-state index in [1.807, 2.05) is 23.7 Å². The van der Waals surface area contributed by atoms with Crippen molar-refractivity contribution < 1.29 is 0 Å². The van der Waals surface area contributed by atoms with E-state index in [0.717, 1.165) is 27.6 Å². The lowest BCUT2D eigenvalue weighted by molar-refractivity contribution is 1.45. The van der Waals surface area contributed by atoms with Gasteiger partial charge in [-0.15, -0.1) is 11.3 Å². The van der Waals surface area contributed by atoms with Crippen molar-refractivity contribution in [1.29, 1.82) is 0 Å². The molecule has 80 valence electrons. The first-order valence-electron chi connectivity index (χ1n) is 4.41. The second-order valence-corrected chi connectivity index (χ2v) is 4.84. The first kappa shape index (κ1) is 9.95. The summed E-state index contributed by atoms with van der Waals surface area (Å²) in [5.41, 5.74) is 3.76. The van der Waals surface area contributed by atoms with Gasteiger partial charge in [-0.25, -0.2) is 4.98 Å². The molecule has 4 nitrogen and oxygen atoms in total. The monoisotopic (exact) mass is 268 g/mol. The fraction of sp³-hybridized carbons (Fsp3) is 0. The summed E-state index contributed by atoms with van der Waals surface area (Å²) in [5, 5.41) is 3.52. The van der Waals surface area contributed by atoms with E-state index >= 15 is 0 Å². The van der Waals surface area contributed by atoms with Gasteiger partial charge in [0.1, 0.15) is 0 Å². The number of nitrogens with zero attached hydrogens (tertiary/aromatic N) is 3. The lowest BCUT2D eigenvalue weighted by Crippen LogP contribution is -1.90. The summed E-state index contributed by atoms with van der Waals surface area (Å²) in [6.07, 6.45) is 0. The Morgan fingerprint density at radius 2 is 2.19 bits per heavy atom. The van der Waals surface area contributed by atoms with Crippen molar-refractivity contribution in [3.63, 3.8) is 0 Å². The molecule has 0 saturated heterocycles. The fourth-order valence-corrected chi connectivity index (χ4v) is 2.68. The summed E-state index contributed by atoms with van der Waals surface area (Å²) in [6.45, 7) is 0. The van der Waals surface area contributed by atoms with E-state index in [-0.39, 0.29) is 0 Å². The molecule has 3 aromatic rings. The van der Waals surface area contributed by atoms with Crippen LogP contribution in [0.5, 0.6) is 0 Å². The van der Waals surface area contributed by atoms with Gasteiger partial charge >= 0.3 is 0 Å². The van der Waals surface area contributed by atoms with Crippen LogP contribution in [0.2, 0.25) is 5.15 Å². The van der Waals surface area contributed by atoms with Gasteiger partial charge in [-0.05, 0) is 18.2 Å². The Morgan fingerprint density at radius 1 is 1.25 bits per heavy atom. The Hall–Kier alpha value is -1.24. The van der Waals surface area contributed by atoms with Crippen LogP contribution >= 0.6 is 34.7 Å². The van der Waals surface area contributed by atoms with Crippen LogP contribution in [0, 0.1) is 0 Å². The van der Waals surface area contributed by atoms with E-state index in [0.29, 0.717) is 11.0 Å². The molecule has 2 heterocycles. The van der Waals surface area contributed by atoms with Crippen molar-refractivity contribution in [1.82, 2.24) is 13.7 Å². The maximum atomic E-state index is 5.85. The molecular formula is C9H5ClN4S2. The lowest BCUT2D eigenvalue weighted by atomic mass is 10.3. The van der Waals surface area contributed by atoms with Crippen LogP contribution in [0.1, 0.15) is 0 Å². The van der Waals surface area contributed by atoms with Crippen LogP contribution in [0.3, 0.4) is 0 Å². The van der Waals surface area contributed by atoms with Gasteiger partial charge < -0.3 is 5.32 Å². The number of hydrogen-bond donors (Lipinski definition) is 1. The largest absolute Gasteiger partial charge is 0.337 e. The maximum absolute atomic E-state index is 5.85. The third kappa shape index (κ3) is 1.75. The van der Waals surface area contributed by atoms with Gasteiger partial charge in [0.05, 0.1) is 27.5 Å². The quantitative estimate of drug-likeness (QED) is 0.772. The summed E-state index contributed by atoms with van der Waals surface area (Å²) >= 11 is 8.54. The van der Waals surface area contributed by atoms with Crippen LogP contribution in [0.15, 0.2) is 23.7 Å². The van der Waals surface area contributed by atoms with Crippen molar-refractivity contribution in [2.24, 2.45) is 0 Å². The van der Waals surface area contributed by atoms with E-state index in [9.17, 15) is 0 Å². The van der Waals surface area contributed by atoms with E-state index in [4.69, 9.17) is 11.6 Å². The molecule has 0 amide bonds. The second kappa shape index (κ2) is 3.97. The molecule has 0 aliphatic heterocycles. The van der Waals surface area contributed by atoms with Crippen molar-refractivity contribution >= 4 is 56.4 Å². The first-order valence-corrected chi connectivity index (χ1v) is 6.40. The molecule has 1 aromatic carbocycles. The molecule has 16 heavy (non-hydrogen) atoms. The molecule has 7 heteroatoms. The Bertz CT molecular complexity index is 633. The number of rotatable bonds is 2. The minimum atomic E-state index is 0.398. The Morgan fingerprint density at radius 3 is 3.00 bits per heavy atom. The summed E-state index contributed by atoms with van der Waals surface area (Å²) in [7, 11) is 0. The number of thiazole rings is 1. The van der Waals surface area contributed by atoms with Gasteiger partial charge in [-0.1, -0.05) is 11.6 Å². The van der Waals surface area contributed by atoms with Gasteiger partial charge in [-0.3, -0.25) is 0 Å². The number of aromatic nitrogens is 3. The molecular weight excluding hydrogens is 264 g/mol. The summed E-state index contributed by atoms with van der Waals surface area (Å²) in [5.74, 6) is 0.593. The molecule has 0 saturated carbocycles. The maximum Gasteiger partial charge on any atom is 0.187 e. The zero-order valence-corrected chi connectivity index (χ0v) is 10.2. The van der Waals surface area contributed by atoms with Crippen molar-refractivity contribution in [3.05, 3.63) is 28.9 Å². The van der Waals surface area contributed by atoms with Crippen molar-refractivity contribution in [2.45, 2.75) is 0 Å². The number of hydrogen-bond acceptors (Lipinski definition) is 6. The zero-order chi connectivity index (χ0) is 11.0. The highest BCUT2D eigenvalue weighted by atomic mass is 35.5. The van der Waals surface area contributed by atoms with Crippen LogP contribution < -0.4 is 5.32 Å². The smallest absolute Gasteiger partial charge is 0.187 e. The van der Waals surface area contributed by atoms with Gasteiger partial charge in [0.2, 0.25) is 0 Å². The zero-order valence-electron chi connectivity index (χ0n) is 7.85. The molecule has 1 N–H and O–H groups in total. The Balaban J connectivity index is 1.97. The van der Waals surface area contributed by atoms with Crippen LogP contribution in [-0.4, -0.2) is 13.7 Å². The number of benzene rings is 1. The Labute approximate surface area is 104 Å². The number of anilines is 2. The van der Waals surface area contributed by atoms with Gasteiger partial charge in [0.25, 0.3) is 0 Å². The average molecular weight is 269 g/mol. The third-order valence-corrected chi connectivity index (χ3v) is 3.73. The molecule has 0 atom stereocenters. The number of fused-ring (bicyclic) bond motifs is 1. The topological polar surface area (TPSA) is 50.7 Å². The van der Waals surface area contributed by atoms with Crippen molar-refractivity contribution in [2.75, 3.05) is 5.32 Å². The lowest BCUT2D eigenvalue weighted by Gasteiger charge is -2.02. The average Bonchev–Trinajstić information content (AvgIpc) is 2.88. The molecule has 0 fully saturated rings. The van der Waals surface area contributed by atoms with Gasteiger partial charge in [-0.2, -0.15) is 8.75 Å². The molecule has 0 bridgehead atoms. The second-order valence-electron chi connectivity index (χ2n) is 3.06. The van der Waals surface area contributed by atoms with E-state index < -0.39 is 0 Å². The normalized spacial score (nSPS) is 10.8. The molecule has 3 rings (SSSR count). The summed E-state index contributed by atoms with van der Waals surface area (Å²) in [6, 6.07) is 5.92. The third-order valence-electron chi connectivity index (χ3n) is 2.04.